The zero-order valence-corrected chi connectivity index (χ0v) is 19.7. The summed E-state index contributed by atoms with van der Waals surface area (Å²) in [4.78, 5) is 44.2. The Hall–Kier alpha value is -3.66. The van der Waals surface area contributed by atoms with E-state index in [0.29, 0.717) is 50.7 Å². The van der Waals surface area contributed by atoms with E-state index in [9.17, 15) is 18.8 Å². The van der Waals surface area contributed by atoms with Crippen molar-refractivity contribution in [3.63, 3.8) is 0 Å². The largest absolute Gasteiger partial charge is 0.495 e. The minimum atomic E-state index is -0.869. The van der Waals surface area contributed by atoms with E-state index >= 15 is 0 Å². The van der Waals surface area contributed by atoms with Gasteiger partial charge in [-0.05, 0) is 36.4 Å². The number of para-hydroxylation sites is 2. The molecule has 0 saturated carbocycles. The summed E-state index contributed by atoms with van der Waals surface area (Å²) in [6.07, 6.45) is -0.145. The first-order chi connectivity index (χ1) is 16.9. The number of anilines is 2. The van der Waals surface area contributed by atoms with Crippen LogP contribution < -0.4 is 20.3 Å². The minimum absolute atomic E-state index is 0.145. The SMILES string of the molecule is COc1ccccc1NC(=O)C[C@@H]1C(=O)NCCN1C(=O)CN1CCN(c2ccc(F)cc2)CC1. The third-order valence-corrected chi connectivity index (χ3v) is 6.33. The maximum absolute atomic E-state index is 13.2. The smallest absolute Gasteiger partial charge is 0.243 e. The number of piperazine rings is 2. The number of rotatable bonds is 7. The molecule has 1 atom stereocenters. The molecule has 2 aromatic carbocycles. The summed E-state index contributed by atoms with van der Waals surface area (Å²) in [5.74, 6) is -0.635. The van der Waals surface area contributed by atoms with Crippen molar-refractivity contribution in [3.8, 4) is 5.75 Å². The normalized spacial score (nSPS) is 18.7. The van der Waals surface area contributed by atoms with E-state index in [1.807, 2.05) is 4.90 Å². The lowest BCUT2D eigenvalue weighted by atomic mass is 10.1. The molecule has 2 aliphatic rings. The number of amides is 3. The molecular formula is C25H30FN5O4. The average Bonchev–Trinajstić information content (AvgIpc) is 2.86. The lowest BCUT2D eigenvalue weighted by molar-refractivity contribution is -0.145. The van der Waals surface area contributed by atoms with Crippen molar-refractivity contribution < 1.29 is 23.5 Å². The molecule has 2 fully saturated rings. The van der Waals surface area contributed by atoms with Gasteiger partial charge in [0.2, 0.25) is 17.7 Å². The van der Waals surface area contributed by atoms with E-state index < -0.39 is 6.04 Å². The fourth-order valence-electron chi connectivity index (χ4n) is 4.44. The highest BCUT2D eigenvalue weighted by Crippen LogP contribution is 2.24. The molecule has 2 aromatic rings. The van der Waals surface area contributed by atoms with E-state index in [-0.39, 0.29) is 36.5 Å². The molecule has 0 bridgehead atoms. The van der Waals surface area contributed by atoms with Crippen molar-refractivity contribution in [2.45, 2.75) is 12.5 Å². The van der Waals surface area contributed by atoms with Crippen LogP contribution in [0.1, 0.15) is 6.42 Å². The van der Waals surface area contributed by atoms with Gasteiger partial charge in [-0.3, -0.25) is 19.3 Å². The molecule has 10 heteroatoms. The van der Waals surface area contributed by atoms with Crippen LogP contribution in [0.5, 0.6) is 5.75 Å². The second-order valence-corrected chi connectivity index (χ2v) is 8.59. The van der Waals surface area contributed by atoms with Gasteiger partial charge in [-0.25, -0.2) is 4.39 Å². The fraction of sp³-hybridized carbons (Fsp3) is 0.400. The number of carbonyl (C=O) groups excluding carboxylic acids is 3. The minimum Gasteiger partial charge on any atom is -0.495 e. The van der Waals surface area contributed by atoms with E-state index in [2.05, 4.69) is 15.5 Å². The Morgan fingerprint density at radius 1 is 1.06 bits per heavy atom. The molecule has 0 spiro atoms. The first-order valence-corrected chi connectivity index (χ1v) is 11.7. The van der Waals surface area contributed by atoms with Crippen molar-refractivity contribution in [2.75, 3.05) is 63.1 Å². The van der Waals surface area contributed by atoms with Gasteiger partial charge in [-0.2, -0.15) is 0 Å². The number of ether oxygens (including phenoxy) is 1. The monoisotopic (exact) mass is 483 g/mol. The van der Waals surface area contributed by atoms with Crippen LogP contribution in [0.2, 0.25) is 0 Å². The molecule has 9 nitrogen and oxygen atoms in total. The van der Waals surface area contributed by atoms with Gasteiger partial charge in [0.15, 0.2) is 0 Å². The van der Waals surface area contributed by atoms with Gasteiger partial charge in [-0.1, -0.05) is 12.1 Å². The van der Waals surface area contributed by atoms with Gasteiger partial charge in [-0.15, -0.1) is 0 Å². The van der Waals surface area contributed by atoms with Crippen molar-refractivity contribution in [2.24, 2.45) is 0 Å². The molecule has 35 heavy (non-hydrogen) atoms. The molecule has 186 valence electrons. The zero-order valence-electron chi connectivity index (χ0n) is 19.7. The third kappa shape index (κ3) is 6.07. The Balaban J connectivity index is 1.33. The fourth-order valence-corrected chi connectivity index (χ4v) is 4.44. The maximum atomic E-state index is 13.2. The number of nitrogens with zero attached hydrogens (tertiary/aromatic N) is 3. The van der Waals surface area contributed by atoms with Gasteiger partial charge in [0.25, 0.3) is 0 Å². The zero-order chi connectivity index (χ0) is 24.8. The van der Waals surface area contributed by atoms with Crippen LogP contribution in [0.3, 0.4) is 0 Å². The number of halogens is 1. The van der Waals surface area contributed by atoms with E-state index in [1.54, 1.807) is 36.4 Å². The number of hydrogen-bond donors (Lipinski definition) is 2. The van der Waals surface area contributed by atoms with Crippen molar-refractivity contribution in [1.29, 1.82) is 0 Å². The van der Waals surface area contributed by atoms with Crippen LogP contribution in [-0.2, 0) is 14.4 Å². The van der Waals surface area contributed by atoms with Gasteiger partial charge in [0.1, 0.15) is 17.6 Å². The van der Waals surface area contributed by atoms with Crippen LogP contribution in [-0.4, -0.2) is 86.5 Å². The van der Waals surface area contributed by atoms with Gasteiger partial charge in [0, 0.05) is 45.0 Å². The summed E-state index contributed by atoms with van der Waals surface area (Å²) in [5.41, 5.74) is 1.46. The first-order valence-electron chi connectivity index (χ1n) is 11.7. The molecule has 0 aliphatic carbocycles. The van der Waals surface area contributed by atoms with Crippen LogP contribution in [0, 0.1) is 5.82 Å². The van der Waals surface area contributed by atoms with Gasteiger partial charge < -0.3 is 25.2 Å². The summed E-state index contributed by atoms with van der Waals surface area (Å²) < 4.78 is 18.4. The summed E-state index contributed by atoms with van der Waals surface area (Å²) >= 11 is 0. The third-order valence-electron chi connectivity index (χ3n) is 6.33. The standard InChI is InChI=1S/C25H30FN5O4/c1-35-22-5-3-2-4-20(22)28-23(32)16-21-25(34)27-10-11-31(21)24(33)17-29-12-14-30(15-13-29)19-8-6-18(26)7-9-19/h2-9,21H,10-17H2,1H3,(H,27,34)(H,28,32)/t21-/m1/s1. The lowest BCUT2D eigenvalue weighted by Crippen LogP contribution is -2.60. The van der Waals surface area contributed by atoms with Crippen molar-refractivity contribution in [3.05, 3.63) is 54.3 Å². The van der Waals surface area contributed by atoms with Crippen LogP contribution in [0.4, 0.5) is 15.8 Å². The van der Waals surface area contributed by atoms with E-state index in [4.69, 9.17) is 4.74 Å². The molecule has 0 unspecified atom stereocenters. The Morgan fingerprint density at radius 2 is 1.77 bits per heavy atom. The second kappa shape index (κ2) is 11.2. The van der Waals surface area contributed by atoms with Crippen LogP contribution in [0.25, 0.3) is 0 Å². The summed E-state index contributed by atoms with van der Waals surface area (Å²) in [5, 5.41) is 5.53. The molecule has 0 aromatic heterocycles. The predicted octanol–water partition coefficient (Wildman–Crippen LogP) is 1.31. The molecule has 2 heterocycles. The highest BCUT2D eigenvalue weighted by atomic mass is 19.1. The molecule has 2 N–H and O–H groups in total. The van der Waals surface area contributed by atoms with Crippen molar-refractivity contribution >= 4 is 29.1 Å². The second-order valence-electron chi connectivity index (χ2n) is 8.59. The highest BCUT2D eigenvalue weighted by molar-refractivity contribution is 5.98. The number of methoxy groups -OCH3 is 1. The first kappa shape index (κ1) is 24.5. The van der Waals surface area contributed by atoms with Crippen LogP contribution >= 0.6 is 0 Å². The van der Waals surface area contributed by atoms with E-state index in [0.717, 1.165) is 5.69 Å². The summed E-state index contributed by atoms with van der Waals surface area (Å²) in [6, 6.07) is 12.5. The predicted molar refractivity (Wildman–Crippen MR) is 130 cm³/mol. The van der Waals surface area contributed by atoms with E-state index in [1.165, 1.54) is 24.1 Å². The number of carbonyl (C=O) groups is 3. The molecule has 0 radical (unpaired) electrons. The lowest BCUT2D eigenvalue weighted by Gasteiger charge is -2.39. The summed E-state index contributed by atoms with van der Waals surface area (Å²) in [7, 11) is 1.51. The Morgan fingerprint density at radius 3 is 2.49 bits per heavy atom. The Labute approximate surface area is 203 Å². The van der Waals surface area contributed by atoms with Crippen LogP contribution in [0.15, 0.2) is 48.5 Å². The van der Waals surface area contributed by atoms with Crippen molar-refractivity contribution in [1.82, 2.24) is 15.1 Å². The quantitative estimate of drug-likeness (QED) is 0.617. The summed E-state index contributed by atoms with van der Waals surface area (Å²) in [6.45, 7) is 3.65. The van der Waals surface area contributed by atoms with Gasteiger partial charge >= 0.3 is 0 Å². The molecule has 2 saturated heterocycles. The van der Waals surface area contributed by atoms with Gasteiger partial charge in [0.05, 0.1) is 25.8 Å². The molecule has 2 aliphatic heterocycles. The number of benzene rings is 2. The topological polar surface area (TPSA) is 94.2 Å². The molecule has 4 rings (SSSR count). The molecular weight excluding hydrogens is 453 g/mol. The molecule has 3 amide bonds. The number of hydrogen-bond acceptors (Lipinski definition) is 6. The maximum Gasteiger partial charge on any atom is 0.243 e. The highest BCUT2D eigenvalue weighted by Gasteiger charge is 2.35. The Bertz CT molecular complexity index is 1060. The Kier molecular flexibility index (Phi) is 7.81. The average molecular weight is 484 g/mol. The number of nitrogens with one attached hydrogen (secondary N) is 2.